The third-order valence-electron chi connectivity index (χ3n) is 3.09. The molecule has 5 nitrogen and oxygen atoms in total. The number of aliphatic carboxylic acids is 1. The van der Waals surface area contributed by atoms with Gasteiger partial charge in [-0.1, -0.05) is 48.2 Å². The normalized spacial score (nSPS) is 11.5. The molecule has 6 heteroatoms. The van der Waals surface area contributed by atoms with Gasteiger partial charge in [0.05, 0.1) is 0 Å². The van der Waals surface area contributed by atoms with Gasteiger partial charge in [-0.25, -0.2) is 4.79 Å². The summed E-state index contributed by atoms with van der Waals surface area (Å²) >= 11 is 1.16. The van der Waals surface area contributed by atoms with E-state index in [1.807, 2.05) is 30.3 Å². The topological polar surface area (TPSA) is 83.5 Å². The zero-order valence-electron chi connectivity index (χ0n) is 12.9. The predicted octanol–water partition coefficient (Wildman–Crippen LogP) is 2.76. The van der Waals surface area contributed by atoms with Crippen LogP contribution in [0, 0.1) is 0 Å². The maximum absolute atomic E-state index is 11.8. The number of hydrogen-bond donors (Lipinski definition) is 2. The number of thioether (sulfide) groups is 1. The highest BCUT2D eigenvalue weighted by Crippen LogP contribution is 2.16. The summed E-state index contributed by atoms with van der Waals surface area (Å²) in [7, 11) is 0. The Kier molecular flexibility index (Phi) is 8.75. The van der Waals surface area contributed by atoms with E-state index in [4.69, 9.17) is 5.11 Å². The van der Waals surface area contributed by atoms with Crippen molar-refractivity contribution in [1.82, 2.24) is 5.32 Å². The molecule has 23 heavy (non-hydrogen) atoms. The van der Waals surface area contributed by atoms with Crippen LogP contribution >= 0.6 is 11.8 Å². The highest BCUT2D eigenvalue weighted by Gasteiger charge is 2.20. The number of amides is 1. The largest absolute Gasteiger partial charge is 0.480 e. The van der Waals surface area contributed by atoms with Crippen molar-refractivity contribution in [3.05, 3.63) is 48.6 Å². The molecule has 1 amide bonds. The number of allylic oxidation sites excluding steroid dienone is 1. The molecular formula is C17H21NO4S. The molecule has 0 unspecified atom stereocenters. The first-order valence-electron chi connectivity index (χ1n) is 7.35. The summed E-state index contributed by atoms with van der Waals surface area (Å²) < 4.78 is 0. The van der Waals surface area contributed by atoms with Crippen LogP contribution in [0.25, 0.3) is 0 Å². The summed E-state index contributed by atoms with van der Waals surface area (Å²) in [5, 5.41) is 11.5. The highest BCUT2D eigenvalue weighted by atomic mass is 32.2. The standard InChI is InChI=1S/C17H21NO4S/c1-2-3-9-15(19)18-14(17(21)22)10-11-16(20)23-12-13-7-5-4-6-8-13/h2,4-8,14H,1,3,9-12H2,(H,18,19)(H,21,22)/t14-/m0/s1. The second-order valence-corrected chi connectivity index (χ2v) is 6.00. The number of carboxylic acid groups (broad SMARTS) is 1. The van der Waals surface area contributed by atoms with Gasteiger partial charge in [0.2, 0.25) is 5.91 Å². The van der Waals surface area contributed by atoms with Crippen molar-refractivity contribution in [3.8, 4) is 0 Å². The van der Waals surface area contributed by atoms with E-state index in [-0.39, 0.29) is 30.3 Å². The van der Waals surface area contributed by atoms with E-state index in [0.717, 1.165) is 17.3 Å². The Bertz CT molecular complexity index is 545. The first kappa shape index (κ1) is 19.0. The van der Waals surface area contributed by atoms with E-state index in [1.54, 1.807) is 6.08 Å². The Morgan fingerprint density at radius 2 is 1.91 bits per heavy atom. The van der Waals surface area contributed by atoms with Gasteiger partial charge < -0.3 is 10.4 Å². The number of carbonyl (C=O) groups is 3. The van der Waals surface area contributed by atoms with Gasteiger partial charge in [-0.05, 0) is 18.4 Å². The number of rotatable bonds is 10. The van der Waals surface area contributed by atoms with Crippen LogP contribution in [-0.2, 0) is 20.1 Å². The summed E-state index contributed by atoms with van der Waals surface area (Å²) in [5.41, 5.74) is 1.04. The minimum atomic E-state index is -1.13. The molecule has 0 aromatic heterocycles. The van der Waals surface area contributed by atoms with Crippen molar-refractivity contribution in [3.63, 3.8) is 0 Å². The molecule has 0 radical (unpaired) electrons. The van der Waals surface area contributed by atoms with Crippen molar-refractivity contribution >= 4 is 28.8 Å². The Hall–Kier alpha value is -2.08. The molecule has 1 aromatic rings. The second kappa shape index (κ2) is 10.6. The van der Waals surface area contributed by atoms with Gasteiger partial charge in [0, 0.05) is 18.6 Å². The molecule has 0 heterocycles. The minimum absolute atomic E-state index is 0.0829. The maximum Gasteiger partial charge on any atom is 0.326 e. The molecule has 1 rings (SSSR count). The van der Waals surface area contributed by atoms with E-state index in [2.05, 4.69) is 11.9 Å². The predicted molar refractivity (Wildman–Crippen MR) is 91.0 cm³/mol. The lowest BCUT2D eigenvalue weighted by atomic mass is 10.1. The average Bonchev–Trinajstić information content (AvgIpc) is 2.55. The van der Waals surface area contributed by atoms with Gasteiger partial charge in [-0.2, -0.15) is 0 Å². The Labute approximate surface area is 140 Å². The van der Waals surface area contributed by atoms with E-state index in [9.17, 15) is 14.4 Å². The van der Waals surface area contributed by atoms with Crippen LogP contribution in [0.5, 0.6) is 0 Å². The first-order chi connectivity index (χ1) is 11.0. The van der Waals surface area contributed by atoms with Crippen molar-refractivity contribution in [2.45, 2.75) is 37.5 Å². The van der Waals surface area contributed by atoms with Gasteiger partial charge in [-0.15, -0.1) is 6.58 Å². The minimum Gasteiger partial charge on any atom is -0.480 e. The van der Waals surface area contributed by atoms with E-state index < -0.39 is 12.0 Å². The summed E-state index contributed by atoms with van der Waals surface area (Å²) in [5.74, 6) is -0.914. The molecule has 0 aliphatic rings. The summed E-state index contributed by atoms with van der Waals surface area (Å²) in [6, 6.07) is 8.54. The molecule has 1 aromatic carbocycles. The fourth-order valence-electron chi connectivity index (χ4n) is 1.83. The summed E-state index contributed by atoms with van der Waals surface area (Å²) in [4.78, 5) is 34.6. The van der Waals surface area contributed by atoms with Crippen molar-refractivity contribution in [1.29, 1.82) is 0 Å². The van der Waals surface area contributed by atoms with Crippen molar-refractivity contribution in [2.24, 2.45) is 0 Å². The van der Waals surface area contributed by atoms with E-state index in [0.29, 0.717) is 12.2 Å². The third-order valence-corrected chi connectivity index (χ3v) is 4.09. The molecule has 0 aliphatic carbocycles. The molecular weight excluding hydrogens is 314 g/mol. The monoisotopic (exact) mass is 335 g/mol. The summed E-state index contributed by atoms with van der Waals surface area (Å²) in [6.45, 7) is 3.51. The van der Waals surface area contributed by atoms with Gasteiger partial charge in [-0.3, -0.25) is 9.59 Å². The molecule has 0 saturated carbocycles. The number of hydrogen-bond acceptors (Lipinski definition) is 4. The average molecular weight is 335 g/mol. The number of carbonyl (C=O) groups excluding carboxylic acids is 2. The van der Waals surface area contributed by atoms with Crippen LogP contribution in [0.15, 0.2) is 43.0 Å². The smallest absolute Gasteiger partial charge is 0.326 e. The quantitative estimate of drug-likeness (QED) is 0.642. The lowest BCUT2D eigenvalue weighted by molar-refractivity contribution is -0.142. The zero-order valence-corrected chi connectivity index (χ0v) is 13.7. The fourth-order valence-corrected chi connectivity index (χ4v) is 2.61. The zero-order chi connectivity index (χ0) is 17.1. The third kappa shape index (κ3) is 8.21. The SMILES string of the molecule is C=CCCC(=O)N[C@@H](CCC(=O)SCc1ccccc1)C(=O)O. The Balaban J connectivity index is 2.36. The second-order valence-electron chi connectivity index (χ2n) is 4.97. The number of benzene rings is 1. The first-order valence-corrected chi connectivity index (χ1v) is 8.34. The molecule has 0 fully saturated rings. The van der Waals surface area contributed by atoms with Crippen LogP contribution in [0.4, 0.5) is 0 Å². The van der Waals surface area contributed by atoms with Gasteiger partial charge in [0.25, 0.3) is 0 Å². The number of nitrogens with one attached hydrogen (secondary N) is 1. The Morgan fingerprint density at radius 1 is 1.22 bits per heavy atom. The van der Waals surface area contributed by atoms with Crippen LogP contribution in [0.3, 0.4) is 0 Å². The molecule has 0 spiro atoms. The molecule has 0 bridgehead atoms. The van der Waals surface area contributed by atoms with Crippen LogP contribution in [-0.4, -0.2) is 28.1 Å². The Morgan fingerprint density at radius 3 is 2.52 bits per heavy atom. The molecule has 124 valence electrons. The molecule has 2 N–H and O–H groups in total. The van der Waals surface area contributed by atoms with Gasteiger partial charge in [0.15, 0.2) is 5.12 Å². The van der Waals surface area contributed by atoms with Crippen molar-refractivity contribution in [2.75, 3.05) is 0 Å². The molecule has 0 aliphatic heterocycles. The van der Waals surface area contributed by atoms with Crippen LogP contribution in [0.1, 0.15) is 31.2 Å². The van der Waals surface area contributed by atoms with Crippen molar-refractivity contribution < 1.29 is 19.5 Å². The van der Waals surface area contributed by atoms with Gasteiger partial charge >= 0.3 is 5.97 Å². The molecule has 0 saturated heterocycles. The van der Waals surface area contributed by atoms with E-state index in [1.165, 1.54) is 0 Å². The lowest BCUT2D eigenvalue weighted by Crippen LogP contribution is -2.40. The fraction of sp³-hybridized carbons (Fsp3) is 0.353. The number of carboxylic acids is 1. The highest BCUT2D eigenvalue weighted by molar-refractivity contribution is 8.12. The van der Waals surface area contributed by atoms with Crippen LogP contribution < -0.4 is 5.32 Å². The molecule has 1 atom stereocenters. The lowest BCUT2D eigenvalue weighted by Gasteiger charge is -2.13. The van der Waals surface area contributed by atoms with Crippen LogP contribution in [0.2, 0.25) is 0 Å². The van der Waals surface area contributed by atoms with Gasteiger partial charge in [0.1, 0.15) is 6.04 Å². The maximum atomic E-state index is 11.8. The van der Waals surface area contributed by atoms with E-state index >= 15 is 0 Å². The summed E-state index contributed by atoms with van der Waals surface area (Å²) in [6.07, 6.45) is 2.49.